The van der Waals surface area contributed by atoms with Crippen LogP contribution in [0.4, 0.5) is 4.39 Å². The van der Waals surface area contributed by atoms with Gasteiger partial charge < -0.3 is 4.84 Å². The first-order chi connectivity index (χ1) is 11.7. The van der Waals surface area contributed by atoms with Gasteiger partial charge in [0, 0.05) is 28.6 Å². The number of nitrogens with zero attached hydrogens (tertiary/aromatic N) is 3. The molecule has 0 atom stereocenters. The minimum atomic E-state index is -0.645. The lowest BCUT2D eigenvalue weighted by atomic mass is 9.98. The zero-order chi connectivity index (χ0) is 18.4. The molecule has 0 fully saturated rings. The van der Waals surface area contributed by atoms with Gasteiger partial charge >= 0.3 is 0 Å². The van der Waals surface area contributed by atoms with Crippen molar-refractivity contribution in [2.75, 3.05) is 0 Å². The van der Waals surface area contributed by atoms with Gasteiger partial charge in [-0.15, -0.1) is 4.73 Å². The van der Waals surface area contributed by atoms with E-state index in [2.05, 4.69) is 9.97 Å². The minimum absolute atomic E-state index is 0.117. The highest BCUT2D eigenvalue weighted by Crippen LogP contribution is 2.35. The van der Waals surface area contributed by atoms with Crippen LogP contribution in [-0.4, -0.2) is 20.3 Å². The van der Waals surface area contributed by atoms with E-state index in [4.69, 9.17) is 16.4 Å². The second-order valence-corrected chi connectivity index (χ2v) is 7.34. The highest BCUT2D eigenvalue weighted by molar-refractivity contribution is 6.37. The molecule has 2 heterocycles. The van der Waals surface area contributed by atoms with Crippen LogP contribution in [0.5, 0.6) is 0 Å². The lowest BCUT2D eigenvalue weighted by Crippen LogP contribution is -2.39. The van der Waals surface area contributed by atoms with Gasteiger partial charge in [-0.3, -0.25) is 4.79 Å². The van der Waals surface area contributed by atoms with Gasteiger partial charge in [0.1, 0.15) is 17.3 Å². The van der Waals surface area contributed by atoms with Crippen LogP contribution in [0, 0.1) is 6.92 Å². The van der Waals surface area contributed by atoms with Crippen LogP contribution in [-0.2, 0) is 0 Å². The van der Waals surface area contributed by atoms with E-state index < -0.39 is 17.0 Å². The minimum Gasteiger partial charge on any atom is -0.403 e. The van der Waals surface area contributed by atoms with Gasteiger partial charge in [-0.2, -0.15) is 0 Å². The molecule has 5 nitrogen and oxygen atoms in total. The number of aromatic nitrogens is 3. The molecule has 7 heteroatoms. The van der Waals surface area contributed by atoms with Gasteiger partial charge in [0.05, 0.1) is 5.56 Å². The Hall–Kier alpha value is -2.21. The predicted molar refractivity (Wildman–Crippen MR) is 96.1 cm³/mol. The summed E-state index contributed by atoms with van der Waals surface area (Å²) in [5, 5.41) is 0.801. The van der Waals surface area contributed by atoms with E-state index in [0.29, 0.717) is 23.3 Å². The van der Waals surface area contributed by atoms with E-state index in [1.165, 1.54) is 0 Å². The lowest BCUT2D eigenvalue weighted by Gasteiger charge is -2.23. The summed E-state index contributed by atoms with van der Waals surface area (Å²) >= 11 is 6.19. The Labute approximate surface area is 149 Å². The van der Waals surface area contributed by atoms with E-state index in [-0.39, 0.29) is 22.6 Å². The molecule has 0 aromatic carbocycles. The van der Waals surface area contributed by atoms with Crippen LogP contribution in [0.25, 0.3) is 16.6 Å². The Kier molecular flexibility index (Phi) is 4.41. The number of fused-ring (bicyclic) bond motifs is 1. The summed E-state index contributed by atoms with van der Waals surface area (Å²) in [5.74, 6) is 0.103. The van der Waals surface area contributed by atoms with Gasteiger partial charge in [-0.05, 0) is 40.2 Å². The van der Waals surface area contributed by atoms with Gasteiger partial charge in [0.25, 0.3) is 5.56 Å². The third kappa shape index (κ3) is 3.44. The smallest absolute Gasteiger partial charge is 0.293 e. The second kappa shape index (κ2) is 6.26. The third-order valence-electron chi connectivity index (χ3n) is 3.66. The van der Waals surface area contributed by atoms with Crippen molar-refractivity contribution in [3.05, 3.63) is 50.9 Å². The molecule has 1 aliphatic carbocycles. The predicted octanol–water partition coefficient (Wildman–Crippen LogP) is 3.92. The number of halogens is 2. The molecular formula is C18H19ClFN3O2. The zero-order valence-corrected chi connectivity index (χ0v) is 15.3. The summed E-state index contributed by atoms with van der Waals surface area (Å²) in [6, 6.07) is 1.57. The maximum absolute atomic E-state index is 14.4. The van der Waals surface area contributed by atoms with Gasteiger partial charge in [0.15, 0.2) is 5.65 Å². The Morgan fingerprint density at radius 3 is 2.72 bits per heavy atom. The first-order valence-corrected chi connectivity index (χ1v) is 8.39. The van der Waals surface area contributed by atoms with Gasteiger partial charge in [-0.25, -0.2) is 14.4 Å². The molecule has 2 aromatic rings. The number of rotatable bonds is 2. The van der Waals surface area contributed by atoms with E-state index in [9.17, 15) is 9.18 Å². The normalized spacial score (nSPS) is 15.5. The van der Waals surface area contributed by atoms with Crippen LogP contribution in [0.1, 0.15) is 45.0 Å². The molecule has 0 saturated heterocycles. The number of pyridine rings is 1. The summed E-state index contributed by atoms with van der Waals surface area (Å²) in [6.07, 6.45) is 4.02. The van der Waals surface area contributed by atoms with Crippen molar-refractivity contribution in [1.82, 2.24) is 14.7 Å². The van der Waals surface area contributed by atoms with Crippen LogP contribution >= 0.6 is 11.6 Å². The Morgan fingerprint density at radius 1 is 1.36 bits per heavy atom. The standard InChI is InChI=1S/C18H19ClFN3O2/c1-10-21-9-11-8-12(15-13(19)6-5-7-14(15)20)17(24)23(16(11)22-10)25-18(2,3)4/h6,8-9H,5,7H2,1-4H3. The highest BCUT2D eigenvalue weighted by atomic mass is 35.5. The van der Waals surface area contributed by atoms with Crippen LogP contribution < -0.4 is 10.4 Å². The van der Waals surface area contributed by atoms with Gasteiger partial charge in [-0.1, -0.05) is 17.7 Å². The monoisotopic (exact) mass is 363 g/mol. The van der Waals surface area contributed by atoms with Gasteiger partial charge in [0.2, 0.25) is 0 Å². The van der Waals surface area contributed by atoms with E-state index >= 15 is 0 Å². The van der Waals surface area contributed by atoms with Crippen molar-refractivity contribution >= 4 is 28.2 Å². The summed E-state index contributed by atoms with van der Waals surface area (Å²) in [5.41, 5.74) is -0.547. The summed E-state index contributed by atoms with van der Waals surface area (Å²) in [6.45, 7) is 7.18. The van der Waals surface area contributed by atoms with Crippen molar-refractivity contribution in [3.63, 3.8) is 0 Å². The Balaban J connectivity index is 2.35. The number of hydrogen-bond acceptors (Lipinski definition) is 4. The van der Waals surface area contributed by atoms with E-state index in [0.717, 1.165) is 4.73 Å². The molecule has 0 N–H and O–H groups in total. The molecule has 0 aliphatic heterocycles. The molecule has 3 rings (SSSR count). The largest absolute Gasteiger partial charge is 0.403 e. The average Bonchev–Trinajstić information content (AvgIpc) is 2.50. The quantitative estimate of drug-likeness (QED) is 0.811. The average molecular weight is 364 g/mol. The zero-order valence-electron chi connectivity index (χ0n) is 14.6. The SMILES string of the molecule is Cc1ncc2cc(C3=C(F)CCC=C3Cl)c(=O)n(OC(C)(C)C)c2n1. The van der Waals surface area contributed by atoms with Crippen molar-refractivity contribution in [3.8, 4) is 0 Å². The van der Waals surface area contributed by atoms with E-state index in [1.54, 1.807) is 25.3 Å². The van der Waals surface area contributed by atoms with Crippen molar-refractivity contribution in [2.24, 2.45) is 0 Å². The fourth-order valence-corrected chi connectivity index (χ4v) is 2.96. The Morgan fingerprint density at radius 2 is 2.08 bits per heavy atom. The van der Waals surface area contributed by atoms with Crippen LogP contribution in [0.15, 0.2) is 34.0 Å². The molecule has 0 unspecified atom stereocenters. The lowest BCUT2D eigenvalue weighted by molar-refractivity contribution is -0.0144. The van der Waals surface area contributed by atoms with Crippen LogP contribution in [0.3, 0.4) is 0 Å². The number of hydrogen-bond donors (Lipinski definition) is 0. The first-order valence-electron chi connectivity index (χ1n) is 8.01. The fourth-order valence-electron chi connectivity index (χ4n) is 2.65. The number of aryl methyl sites for hydroxylation is 1. The molecular weight excluding hydrogens is 345 g/mol. The fraction of sp³-hybridized carbons (Fsp3) is 0.389. The van der Waals surface area contributed by atoms with E-state index in [1.807, 2.05) is 20.8 Å². The Bertz CT molecular complexity index is 971. The topological polar surface area (TPSA) is 57.0 Å². The summed E-state index contributed by atoms with van der Waals surface area (Å²) in [4.78, 5) is 27.3. The molecule has 0 spiro atoms. The van der Waals surface area contributed by atoms with Crippen molar-refractivity contribution < 1.29 is 9.23 Å². The molecule has 0 radical (unpaired) electrons. The third-order valence-corrected chi connectivity index (χ3v) is 4.00. The molecule has 2 aromatic heterocycles. The first kappa shape index (κ1) is 17.6. The molecule has 1 aliphatic rings. The molecule has 132 valence electrons. The molecule has 0 bridgehead atoms. The van der Waals surface area contributed by atoms with Crippen molar-refractivity contribution in [2.45, 2.75) is 46.1 Å². The molecule has 25 heavy (non-hydrogen) atoms. The molecule has 0 saturated carbocycles. The summed E-state index contributed by atoms with van der Waals surface area (Å²) in [7, 11) is 0. The maximum atomic E-state index is 14.4. The summed E-state index contributed by atoms with van der Waals surface area (Å²) < 4.78 is 15.5. The van der Waals surface area contributed by atoms with Crippen LogP contribution in [0.2, 0.25) is 0 Å². The second-order valence-electron chi connectivity index (χ2n) is 6.93. The molecule has 0 amide bonds. The van der Waals surface area contributed by atoms with Crippen molar-refractivity contribution in [1.29, 1.82) is 0 Å². The maximum Gasteiger partial charge on any atom is 0.293 e. The highest BCUT2D eigenvalue weighted by Gasteiger charge is 2.24. The number of allylic oxidation sites excluding steroid dienone is 4.